The second-order valence-electron chi connectivity index (χ2n) is 5.39. The smallest absolute Gasteiger partial charge is 0.407 e. The molecule has 0 atom stereocenters. The Morgan fingerprint density at radius 3 is 2.90 bits per heavy atom. The van der Waals surface area contributed by atoms with E-state index in [1.165, 1.54) is 10.5 Å². The van der Waals surface area contributed by atoms with Crippen LogP contribution in [0.3, 0.4) is 0 Å². The molecule has 3 heterocycles. The van der Waals surface area contributed by atoms with E-state index in [9.17, 15) is 4.79 Å². The van der Waals surface area contributed by atoms with Crippen LogP contribution in [0.1, 0.15) is 12.0 Å². The van der Waals surface area contributed by atoms with Gasteiger partial charge in [0.15, 0.2) is 0 Å². The Morgan fingerprint density at radius 1 is 1.48 bits per heavy atom. The topological polar surface area (TPSA) is 72.5 Å². The van der Waals surface area contributed by atoms with Crippen LogP contribution in [0.25, 0.3) is 16.5 Å². The van der Waals surface area contributed by atoms with Crippen molar-refractivity contribution in [1.82, 2.24) is 14.9 Å². The highest BCUT2D eigenvalue weighted by molar-refractivity contribution is 5.93. The minimum Gasteiger partial charge on any atom is -0.465 e. The van der Waals surface area contributed by atoms with Crippen LogP contribution in [-0.4, -0.2) is 53.3 Å². The number of nitrogens with zero attached hydrogens (tertiary/aromatic N) is 3. The van der Waals surface area contributed by atoms with Gasteiger partial charge in [-0.2, -0.15) is 0 Å². The molecule has 0 saturated carbocycles. The van der Waals surface area contributed by atoms with Crippen LogP contribution in [0.15, 0.2) is 24.5 Å². The van der Waals surface area contributed by atoms with E-state index in [0.717, 1.165) is 28.7 Å². The second-order valence-corrected chi connectivity index (χ2v) is 5.39. The summed E-state index contributed by atoms with van der Waals surface area (Å²) < 4.78 is 0. The molecular formula is C15H18N4O2. The Morgan fingerprint density at radius 2 is 2.29 bits per heavy atom. The van der Waals surface area contributed by atoms with Crippen molar-refractivity contribution in [3.63, 3.8) is 0 Å². The molecule has 0 aliphatic carbocycles. The number of amides is 1. The summed E-state index contributed by atoms with van der Waals surface area (Å²) in [5.41, 5.74) is 3.34. The number of carbonyl (C=O) groups is 1. The van der Waals surface area contributed by atoms with Crippen molar-refractivity contribution in [2.24, 2.45) is 0 Å². The fourth-order valence-electron chi connectivity index (χ4n) is 2.60. The third-order valence-corrected chi connectivity index (χ3v) is 3.84. The zero-order chi connectivity index (χ0) is 15.0. The first-order valence-electron chi connectivity index (χ1n) is 6.88. The highest BCUT2D eigenvalue weighted by atomic mass is 16.4. The molecule has 21 heavy (non-hydrogen) atoms. The molecule has 0 spiro atoms. The molecule has 2 aromatic heterocycles. The molecule has 1 amide bonds. The van der Waals surface area contributed by atoms with Crippen LogP contribution in [0.5, 0.6) is 0 Å². The van der Waals surface area contributed by atoms with Gasteiger partial charge >= 0.3 is 6.09 Å². The van der Waals surface area contributed by atoms with Crippen molar-refractivity contribution in [1.29, 1.82) is 0 Å². The average molecular weight is 286 g/mol. The van der Waals surface area contributed by atoms with Gasteiger partial charge in [-0.15, -0.1) is 0 Å². The molecule has 0 radical (unpaired) electrons. The molecule has 0 unspecified atom stereocenters. The lowest BCUT2D eigenvalue weighted by atomic mass is 10.00. The van der Waals surface area contributed by atoms with Crippen molar-refractivity contribution in [2.75, 3.05) is 32.1 Å². The standard InChI is InChI=1S/C15H18N4O2/c1-18(2)14-7-13-12(9-17-14)11(8-16-13)10-3-5-19(6-4-10)15(20)21/h3,7-9,16H,4-6H2,1-2H3,(H,20,21). The van der Waals surface area contributed by atoms with E-state index in [2.05, 4.69) is 9.97 Å². The van der Waals surface area contributed by atoms with Crippen LogP contribution in [0.4, 0.5) is 10.6 Å². The number of aromatic nitrogens is 2. The van der Waals surface area contributed by atoms with Crippen LogP contribution >= 0.6 is 0 Å². The lowest BCUT2D eigenvalue weighted by Crippen LogP contribution is -2.33. The van der Waals surface area contributed by atoms with Gasteiger partial charge in [0.2, 0.25) is 0 Å². The third-order valence-electron chi connectivity index (χ3n) is 3.84. The van der Waals surface area contributed by atoms with Crippen molar-refractivity contribution >= 4 is 28.4 Å². The summed E-state index contributed by atoms with van der Waals surface area (Å²) in [7, 11) is 3.92. The fourth-order valence-corrected chi connectivity index (χ4v) is 2.60. The monoisotopic (exact) mass is 286 g/mol. The maximum atomic E-state index is 10.9. The van der Waals surface area contributed by atoms with E-state index in [1.807, 2.05) is 43.5 Å². The molecule has 1 aliphatic rings. The first kappa shape index (κ1) is 13.5. The first-order chi connectivity index (χ1) is 10.1. The van der Waals surface area contributed by atoms with Crippen molar-refractivity contribution < 1.29 is 9.90 Å². The minimum absolute atomic E-state index is 0.445. The Kier molecular flexibility index (Phi) is 3.29. The Hall–Kier alpha value is -2.50. The lowest BCUT2D eigenvalue weighted by molar-refractivity contribution is 0.150. The second kappa shape index (κ2) is 5.12. The first-order valence-corrected chi connectivity index (χ1v) is 6.88. The number of anilines is 1. The number of rotatable bonds is 2. The predicted octanol–water partition coefficient (Wildman–Crippen LogP) is 2.40. The van der Waals surface area contributed by atoms with Crippen LogP contribution < -0.4 is 4.90 Å². The van der Waals surface area contributed by atoms with Crippen LogP contribution in [-0.2, 0) is 0 Å². The van der Waals surface area contributed by atoms with Crippen LogP contribution in [0, 0.1) is 0 Å². The number of carboxylic acid groups (broad SMARTS) is 1. The largest absolute Gasteiger partial charge is 0.465 e. The van der Waals surface area contributed by atoms with E-state index in [0.29, 0.717) is 13.1 Å². The highest BCUT2D eigenvalue weighted by Gasteiger charge is 2.18. The number of pyridine rings is 1. The van der Waals surface area contributed by atoms with Crippen molar-refractivity contribution in [3.8, 4) is 0 Å². The summed E-state index contributed by atoms with van der Waals surface area (Å²) in [5.74, 6) is 0.908. The van der Waals surface area contributed by atoms with Crippen molar-refractivity contribution in [2.45, 2.75) is 6.42 Å². The zero-order valence-electron chi connectivity index (χ0n) is 12.1. The summed E-state index contributed by atoms with van der Waals surface area (Å²) in [6.45, 7) is 0.984. The maximum absolute atomic E-state index is 10.9. The fraction of sp³-hybridized carbons (Fsp3) is 0.333. The quantitative estimate of drug-likeness (QED) is 0.889. The summed E-state index contributed by atoms with van der Waals surface area (Å²) in [6, 6.07) is 2.02. The summed E-state index contributed by atoms with van der Waals surface area (Å²) in [4.78, 5) is 22.0. The molecule has 2 aromatic rings. The predicted molar refractivity (Wildman–Crippen MR) is 82.6 cm³/mol. The molecule has 6 heteroatoms. The number of nitrogens with one attached hydrogen (secondary N) is 1. The van der Waals surface area contributed by atoms with Gasteiger partial charge in [0.25, 0.3) is 0 Å². The highest BCUT2D eigenvalue weighted by Crippen LogP contribution is 2.30. The molecule has 0 bridgehead atoms. The van der Waals surface area contributed by atoms with Crippen LogP contribution in [0.2, 0.25) is 0 Å². The van der Waals surface area contributed by atoms with Gasteiger partial charge in [-0.05, 0) is 12.0 Å². The Labute approximate surface area is 122 Å². The zero-order valence-corrected chi connectivity index (χ0v) is 12.1. The van der Waals surface area contributed by atoms with E-state index in [1.54, 1.807) is 0 Å². The number of aromatic amines is 1. The van der Waals surface area contributed by atoms with Gasteiger partial charge in [-0.25, -0.2) is 9.78 Å². The average Bonchev–Trinajstić information content (AvgIpc) is 2.90. The number of hydrogen-bond acceptors (Lipinski definition) is 3. The van der Waals surface area contributed by atoms with E-state index in [-0.39, 0.29) is 0 Å². The summed E-state index contributed by atoms with van der Waals surface area (Å²) in [6.07, 6.45) is 5.71. The van der Waals surface area contributed by atoms with Gasteiger partial charge in [-0.3, -0.25) is 0 Å². The lowest BCUT2D eigenvalue weighted by Gasteiger charge is -2.23. The van der Waals surface area contributed by atoms with Gasteiger partial charge in [0.05, 0.1) is 5.52 Å². The molecular weight excluding hydrogens is 268 g/mol. The van der Waals surface area contributed by atoms with Gasteiger partial charge in [-0.1, -0.05) is 6.08 Å². The molecule has 110 valence electrons. The SMILES string of the molecule is CN(C)c1cc2[nH]cc(C3=CCN(C(=O)O)CC3)c2cn1. The molecule has 1 aliphatic heterocycles. The molecule has 0 aromatic carbocycles. The van der Waals surface area contributed by atoms with Gasteiger partial charge in [0, 0.05) is 56.6 Å². The molecule has 6 nitrogen and oxygen atoms in total. The Balaban J connectivity index is 1.93. The maximum Gasteiger partial charge on any atom is 0.407 e. The molecule has 0 fully saturated rings. The summed E-state index contributed by atoms with van der Waals surface area (Å²) in [5, 5.41) is 10.1. The molecule has 0 saturated heterocycles. The van der Waals surface area contributed by atoms with E-state index >= 15 is 0 Å². The van der Waals surface area contributed by atoms with Crippen molar-refractivity contribution in [3.05, 3.63) is 30.1 Å². The van der Waals surface area contributed by atoms with E-state index < -0.39 is 6.09 Å². The molecule has 2 N–H and O–H groups in total. The summed E-state index contributed by atoms with van der Waals surface area (Å²) >= 11 is 0. The number of H-pyrrole nitrogens is 1. The van der Waals surface area contributed by atoms with E-state index in [4.69, 9.17) is 5.11 Å². The van der Waals surface area contributed by atoms with Gasteiger partial charge in [0.1, 0.15) is 5.82 Å². The van der Waals surface area contributed by atoms with Gasteiger partial charge < -0.3 is 19.9 Å². The Bertz CT molecular complexity index is 718. The number of fused-ring (bicyclic) bond motifs is 1. The molecule has 3 rings (SSSR count). The third kappa shape index (κ3) is 2.44. The minimum atomic E-state index is -0.860. The normalized spacial score (nSPS) is 15.1. The number of hydrogen-bond donors (Lipinski definition) is 2.